The number of ketones is 1. The Bertz CT molecular complexity index is 307. The summed E-state index contributed by atoms with van der Waals surface area (Å²) in [6.45, 7) is 6.23. The first kappa shape index (κ1) is 11.0. The second kappa shape index (κ2) is 3.96. The minimum absolute atomic E-state index is 0.0206. The van der Waals surface area contributed by atoms with E-state index in [4.69, 9.17) is 5.26 Å². The van der Waals surface area contributed by atoms with Crippen LogP contribution in [-0.2, 0) is 4.79 Å². The van der Waals surface area contributed by atoms with E-state index >= 15 is 0 Å². The molecular weight excluding hydrogens is 174 g/mol. The van der Waals surface area contributed by atoms with Crippen molar-refractivity contribution in [3.8, 4) is 6.07 Å². The normalized spacial score (nSPS) is 25.4. The fourth-order valence-electron chi connectivity index (χ4n) is 2.42. The molecule has 76 valence electrons. The number of nitriles is 1. The van der Waals surface area contributed by atoms with Gasteiger partial charge in [-0.25, -0.2) is 0 Å². The molecule has 0 saturated carbocycles. The molecule has 0 saturated heterocycles. The van der Waals surface area contributed by atoms with Crippen LogP contribution in [0.1, 0.15) is 40.0 Å². The van der Waals surface area contributed by atoms with Crippen LogP contribution in [-0.4, -0.2) is 5.78 Å². The number of hydrogen-bond acceptors (Lipinski definition) is 2. The summed E-state index contributed by atoms with van der Waals surface area (Å²) >= 11 is 0. The van der Waals surface area contributed by atoms with Crippen LogP contribution in [0, 0.1) is 22.7 Å². The maximum atomic E-state index is 11.4. The first-order chi connectivity index (χ1) is 6.47. The van der Waals surface area contributed by atoms with Gasteiger partial charge in [-0.3, -0.25) is 4.79 Å². The van der Waals surface area contributed by atoms with Crippen molar-refractivity contribution in [1.29, 1.82) is 5.26 Å². The van der Waals surface area contributed by atoms with Crippen molar-refractivity contribution in [2.24, 2.45) is 11.3 Å². The van der Waals surface area contributed by atoms with Gasteiger partial charge in [-0.15, -0.1) is 0 Å². The maximum Gasteiger partial charge on any atom is 0.156 e. The molecule has 0 heterocycles. The summed E-state index contributed by atoms with van der Waals surface area (Å²) in [7, 11) is 0. The van der Waals surface area contributed by atoms with Gasteiger partial charge in [-0.2, -0.15) is 5.26 Å². The zero-order valence-corrected chi connectivity index (χ0v) is 9.13. The van der Waals surface area contributed by atoms with E-state index in [1.54, 1.807) is 6.08 Å². The molecule has 1 atom stereocenters. The molecule has 0 bridgehead atoms. The van der Waals surface area contributed by atoms with Gasteiger partial charge in [0.15, 0.2) is 5.78 Å². The topological polar surface area (TPSA) is 40.9 Å². The van der Waals surface area contributed by atoms with Gasteiger partial charge in [0.25, 0.3) is 0 Å². The molecule has 0 N–H and O–H groups in total. The lowest BCUT2D eigenvalue weighted by atomic mass is 9.67. The first-order valence-corrected chi connectivity index (χ1v) is 5.05. The number of allylic oxidation sites excluding steroid dienone is 2. The van der Waals surface area contributed by atoms with Gasteiger partial charge in [-0.05, 0) is 30.8 Å². The summed E-state index contributed by atoms with van der Waals surface area (Å²) in [5.41, 5.74) is 1.16. The van der Waals surface area contributed by atoms with E-state index in [1.165, 1.54) is 0 Å². The van der Waals surface area contributed by atoms with E-state index < -0.39 is 0 Å². The lowest BCUT2D eigenvalue weighted by Gasteiger charge is -2.37. The highest BCUT2D eigenvalue weighted by molar-refractivity contribution is 5.91. The minimum Gasteiger partial charge on any atom is -0.295 e. The largest absolute Gasteiger partial charge is 0.295 e. The zero-order valence-electron chi connectivity index (χ0n) is 9.13. The Morgan fingerprint density at radius 3 is 2.79 bits per heavy atom. The highest BCUT2D eigenvalue weighted by atomic mass is 16.1. The Balaban J connectivity index is 2.85. The smallest absolute Gasteiger partial charge is 0.156 e. The average molecular weight is 191 g/mol. The third-order valence-electron chi connectivity index (χ3n) is 3.06. The summed E-state index contributed by atoms with van der Waals surface area (Å²) in [6, 6.07) is 2.17. The number of nitrogens with zero attached hydrogens (tertiary/aromatic N) is 1. The molecule has 0 aromatic rings. The number of hydrogen-bond donors (Lipinski definition) is 0. The summed E-state index contributed by atoms with van der Waals surface area (Å²) in [5, 5.41) is 8.57. The van der Waals surface area contributed by atoms with Crippen LogP contribution < -0.4 is 0 Å². The molecule has 14 heavy (non-hydrogen) atoms. The Labute approximate surface area is 85.6 Å². The van der Waals surface area contributed by atoms with Crippen LogP contribution in [0.4, 0.5) is 0 Å². The van der Waals surface area contributed by atoms with E-state index in [2.05, 4.69) is 19.9 Å². The SMILES string of the molecule is CC1=CC(=O)CC(C)(C)C1CCC#N. The standard InChI is InChI=1S/C12H17NO/c1-9-7-10(14)8-12(2,3)11(9)5-4-6-13/h7,11H,4-5,8H2,1-3H3. The van der Waals surface area contributed by atoms with E-state index in [9.17, 15) is 4.79 Å². The van der Waals surface area contributed by atoms with Gasteiger partial charge in [0.05, 0.1) is 6.07 Å². The summed E-state index contributed by atoms with van der Waals surface area (Å²) in [4.78, 5) is 11.4. The molecular formula is C12H17NO. The van der Waals surface area contributed by atoms with Crippen molar-refractivity contribution < 1.29 is 4.79 Å². The van der Waals surface area contributed by atoms with Crippen molar-refractivity contribution in [3.05, 3.63) is 11.6 Å². The minimum atomic E-state index is 0.0206. The molecule has 2 nitrogen and oxygen atoms in total. The van der Waals surface area contributed by atoms with Gasteiger partial charge in [0.2, 0.25) is 0 Å². The van der Waals surface area contributed by atoms with Crippen molar-refractivity contribution >= 4 is 5.78 Å². The Kier molecular flexibility index (Phi) is 3.10. The van der Waals surface area contributed by atoms with Gasteiger partial charge in [-0.1, -0.05) is 19.4 Å². The molecule has 0 aromatic heterocycles. The van der Waals surface area contributed by atoms with Crippen LogP contribution in [0.25, 0.3) is 0 Å². The van der Waals surface area contributed by atoms with E-state index in [1.807, 2.05) is 6.92 Å². The monoisotopic (exact) mass is 191 g/mol. The van der Waals surface area contributed by atoms with Gasteiger partial charge in [0, 0.05) is 12.8 Å². The fourth-order valence-corrected chi connectivity index (χ4v) is 2.42. The molecule has 0 fully saturated rings. The second-order valence-corrected chi connectivity index (χ2v) is 4.77. The number of carbonyl (C=O) groups excluding carboxylic acids is 1. The Morgan fingerprint density at radius 1 is 1.64 bits per heavy atom. The van der Waals surface area contributed by atoms with Crippen LogP contribution in [0.3, 0.4) is 0 Å². The third kappa shape index (κ3) is 2.23. The number of carbonyl (C=O) groups is 1. The van der Waals surface area contributed by atoms with Crippen LogP contribution >= 0.6 is 0 Å². The van der Waals surface area contributed by atoms with Crippen molar-refractivity contribution in [2.75, 3.05) is 0 Å². The summed E-state index contributed by atoms with van der Waals surface area (Å²) in [5.74, 6) is 0.612. The van der Waals surface area contributed by atoms with Crippen molar-refractivity contribution in [3.63, 3.8) is 0 Å². The van der Waals surface area contributed by atoms with Crippen LogP contribution in [0.15, 0.2) is 11.6 Å². The summed E-state index contributed by atoms with van der Waals surface area (Å²) < 4.78 is 0. The average Bonchev–Trinajstić information content (AvgIpc) is 2.00. The van der Waals surface area contributed by atoms with Crippen LogP contribution in [0.2, 0.25) is 0 Å². The molecule has 1 rings (SSSR count). The molecule has 0 amide bonds. The second-order valence-electron chi connectivity index (χ2n) is 4.77. The third-order valence-corrected chi connectivity index (χ3v) is 3.06. The van der Waals surface area contributed by atoms with E-state index in [0.717, 1.165) is 12.0 Å². The number of rotatable bonds is 2. The zero-order chi connectivity index (χ0) is 10.8. The molecule has 1 aliphatic carbocycles. The van der Waals surface area contributed by atoms with Crippen molar-refractivity contribution in [1.82, 2.24) is 0 Å². The van der Waals surface area contributed by atoms with Gasteiger partial charge < -0.3 is 0 Å². The maximum absolute atomic E-state index is 11.4. The predicted octanol–water partition coefficient (Wildman–Crippen LogP) is 2.85. The van der Waals surface area contributed by atoms with E-state index in [0.29, 0.717) is 18.8 Å². The quantitative estimate of drug-likeness (QED) is 0.673. The highest BCUT2D eigenvalue weighted by Gasteiger charge is 2.35. The van der Waals surface area contributed by atoms with Gasteiger partial charge in [0.1, 0.15) is 0 Å². The van der Waals surface area contributed by atoms with Gasteiger partial charge >= 0.3 is 0 Å². The fraction of sp³-hybridized carbons (Fsp3) is 0.667. The highest BCUT2D eigenvalue weighted by Crippen LogP contribution is 2.41. The molecule has 2 heteroatoms. The summed E-state index contributed by atoms with van der Waals surface area (Å²) in [6.07, 6.45) is 3.81. The molecule has 0 radical (unpaired) electrons. The van der Waals surface area contributed by atoms with Crippen molar-refractivity contribution in [2.45, 2.75) is 40.0 Å². The first-order valence-electron chi connectivity index (χ1n) is 5.05. The lowest BCUT2D eigenvalue weighted by molar-refractivity contribution is -0.117. The molecule has 1 unspecified atom stereocenters. The Hall–Kier alpha value is -1.10. The molecule has 0 aromatic carbocycles. The molecule has 1 aliphatic rings. The lowest BCUT2D eigenvalue weighted by Crippen LogP contribution is -2.31. The Morgan fingerprint density at radius 2 is 2.29 bits per heavy atom. The molecule has 0 spiro atoms. The molecule has 0 aliphatic heterocycles. The van der Waals surface area contributed by atoms with E-state index in [-0.39, 0.29) is 11.2 Å². The predicted molar refractivity (Wildman–Crippen MR) is 55.5 cm³/mol. The van der Waals surface area contributed by atoms with Crippen LogP contribution in [0.5, 0.6) is 0 Å².